The van der Waals surface area contributed by atoms with E-state index in [4.69, 9.17) is 11.6 Å². The van der Waals surface area contributed by atoms with Crippen molar-refractivity contribution in [2.45, 2.75) is 39.7 Å². The molecule has 0 saturated heterocycles. The summed E-state index contributed by atoms with van der Waals surface area (Å²) in [5, 5.41) is 10.1. The quantitative estimate of drug-likeness (QED) is 0.832. The molecule has 2 atom stereocenters. The van der Waals surface area contributed by atoms with Gasteiger partial charge in [-0.15, -0.1) is 0 Å². The van der Waals surface area contributed by atoms with Crippen LogP contribution < -0.4 is 0 Å². The summed E-state index contributed by atoms with van der Waals surface area (Å²) in [6.45, 7) is 6.01. The maximum Gasteiger partial charge on any atom is 0.0514 e. The maximum absolute atomic E-state index is 9.28. The van der Waals surface area contributed by atoms with Crippen molar-refractivity contribution in [3.8, 4) is 0 Å². The Balaban J connectivity index is 2.64. The van der Waals surface area contributed by atoms with Crippen LogP contribution in [0.25, 0.3) is 0 Å². The van der Waals surface area contributed by atoms with E-state index < -0.39 is 0 Å². The number of rotatable bonds is 4. The van der Waals surface area contributed by atoms with E-state index in [2.05, 4.69) is 19.1 Å². The van der Waals surface area contributed by atoms with E-state index in [1.165, 1.54) is 11.1 Å². The average Bonchev–Trinajstić information content (AvgIpc) is 2.08. The summed E-state index contributed by atoms with van der Waals surface area (Å²) >= 11 is 6.15. The molecule has 0 fully saturated rings. The Hall–Kier alpha value is -0.530. The molecule has 84 valence electrons. The minimum atomic E-state index is -0.232. The van der Waals surface area contributed by atoms with Gasteiger partial charge in [0.15, 0.2) is 0 Å². The van der Waals surface area contributed by atoms with Gasteiger partial charge in [0, 0.05) is 5.02 Å². The van der Waals surface area contributed by atoms with Gasteiger partial charge in [-0.1, -0.05) is 30.7 Å². The third-order valence-electron chi connectivity index (χ3n) is 2.52. The molecule has 0 spiro atoms. The molecule has 1 aromatic rings. The van der Waals surface area contributed by atoms with Gasteiger partial charge in [-0.2, -0.15) is 0 Å². The van der Waals surface area contributed by atoms with Crippen molar-refractivity contribution in [3.05, 3.63) is 34.3 Å². The number of benzene rings is 1. The van der Waals surface area contributed by atoms with Gasteiger partial charge in [0.1, 0.15) is 0 Å². The molecule has 1 aromatic carbocycles. The summed E-state index contributed by atoms with van der Waals surface area (Å²) in [4.78, 5) is 0. The second-order valence-electron chi connectivity index (χ2n) is 4.49. The lowest BCUT2D eigenvalue weighted by molar-refractivity contribution is 0.164. The van der Waals surface area contributed by atoms with Crippen molar-refractivity contribution in [2.24, 2.45) is 5.92 Å². The fourth-order valence-electron chi connectivity index (χ4n) is 1.86. The average molecular weight is 227 g/mol. The van der Waals surface area contributed by atoms with Gasteiger partial charge in [-0.25, -0.2) is 0 Å². The lowest BCUT2D eigenvalue weighted by Crippen LogP contribution is -2.09. The number of halogens is 1. The van der Waals surface area contributed by atoms with E-state index in [-0.39, 0.29) is 6.10 Å². The maximum atomic E-state index is 9.28. The first-order valence-electron chi connectivity index (χ1n) is 5.42. The minimum absolute atomic E-state index is 0.232. The first kappa shape index (κ1) is 12.5. The molecule has 0 saturated carbocycles. The van der Waals surface area contributed by atoms with Crippen LogP contribution in [0, 0.1) is 12.8 Å². The van der Waals surface area contributed by atoms with Crippen LogP contribution in [-0.4, -0.2) is 11.2 Å². The predicted molar refractivity (Wildman–Crippen MR) is 65.4 cm³/mol. The highest BCUT2D eigenvalue weighted by atomic mass is 35.5. The van der Waals surface area contributed by atoms with Crippen LogP contribution >= 0.6 is 11.6 Å². The van der Waals surface area contributed by atoms with Crippen LogP contribution in [0.15, 0.2) is 18.2 Å². The number of hydrogen-bond donors (Lipinski definition) is 1. The Bertz CT molecular complexity index is 320. The first-order chi connectivity index (χ1) is 6.99. The van der Waals surface area contributed by atoms with Crippen molar-refractivity contribution in [1.82, 2.24) is 0 Å². The van der Waals surface area contributed by atoms with Gasteiger partial charge in [-0.05, 0) is 49.8 Å². The van der Waals surface area contributed by atoms with Gasteiger partial charge in [0.2, 0.25) is 0 Å². The Morgan fingerprint density at radius 2 is 2.00 bits per heavy atom. The van der Waals surface area contributed by atoms with Gasteiger partial charge in [0.05, 0.1) is 6.10 Å². The van der Waals surface area contributed by atoms with Crippen LogP contribution in [0.3, 0.4) is 0 Å². The Morgan fingerprint density at radius 3 is 2.53 bits per heavy atom. The molecule has 0 heterocycles. The van der Waals surface area contributed by atoms with E-state index in [0.717, 1.165) is 17.9 Å². The van der Waals surface area contributed by atoms with Crippen molar-refractivity contribution >= 4 is 11.6 Å². The molecule has 2 heteroatoms. The highest BCUT2D eigenvalue weighted by Crippen LogP contribution is 2.22. The predicted octanol–water partition coefficient (Wildman–Crippen LogP) is 3.60. The Kier molecular flexibility index (Phi) is 4.62. The molecule has 0 aliphatic rings. The third kappa shape index (κ3) is 4.23. The molecule has 0 aliphatic heterocycles. The topological polar surface area (TPSA) is 20.2 Å². The smallest absolute Gasteiger partial charge is 0.0514 e. The lowest BCUT2D eigenvalue weighted by Gasteiger charge is -2.14. The van der Waals surface area contributed by atoms with Crippen LogP contribution in [0.2, 0.25) is 5.02 Å². The van der Waals surface area contributed by atoms with Crippen molar-refractivity contribution < 1.29 is 5.11 Å². The second kappa shape index (κ2) is 5.53. The minimum Gasteiger partial charge on any atom is -0.393 e. The van der Waals surface area contributed by atoms with Crippen molar-refractivity contribution in [2.75, 3.05) is 0 Å². The van der Waals surface area contributed by atoms with E-state index in [1.807, 2.05) is 19.9 Å². The fourth-order valence-corrected chi connectivity index (χ4v) is 2.17. The summed E-state index contributed by atoms with van der Waals surface area (Å²) in [5.41, 5.74) is 2.36. The fraction of sp³-hybridized carbons (Fsp3) is 0.538. The summed E-state index contributed by atoms with van der Waals surface area (Å²) in [6, 6.07) is 6.15. The van der Waals surface area contributed by atoms with E-state index in [9.17, 15) is 5.11 Å². The van der Waals surface area contributed by atoms with Crippen LogP contribution in [-0.2, 0) is 6.42 Å². The SMILES string of the molecule is Cc1ccc(CC(C)CC(C)O)c(Cl)c1. The monoisotopic (exact) mass is 226 g/mol. The normalized spacial score (nSPS) is 15.0. The van der Waals surface area contributed by atoms with Gasteiger partial charge < -0.3 is 5.11 Å². The molecule has 0 aromatic heterocycles. The van der Waals surface area contributed by atoms with Crippen LogP contribution in [0.4, 0.5) is 0 Å². The molecule has 15 heavy (non-hydrogen) atoms. The molecular weight excluding hydrogens is 208 g/mol. The largest absolute Gasteiger partial charge is 0.393 e. The van der Waals surface area contributed by atoms with Crippen LogP contribution in [0.1, 0.15) is 31.4 Å². The molecule has 0 aliphatic carbocycles. The Labute approximate surface area is 97.1 Å². The second-order valence-corrected chi connectivity index (χ2v) is 4.90. The first-order valence-corrected chi connectivity index (χ1v) is 5.80. The molecule has 0 bridgehead atoms. The number of aliphatic hydroxyl groups is 1. The molecule has 0 amide bonds. The Morgan fingerprint density at radius 1 is 1.33 bits per heavy atom. The summed E-state index contributed by atoms with van der Waals surface area (Å²) in [7, 11) is 0. The molecule has 1 N–H and O–H groups in total. The highest BCUT2D eigenvalue weighted by Gasteiger charge is 2.09. The highest BCUT2D eigenvalue weighted by molar-refractivity contribution is 6.31. The van der Waals surface area contributed by atoms with Gasteiger partial charge in [-0.3, -0.25) is 0 Å². The van der Waals surface area contributed by atoms with Crippen molar-refractivity contribution in [1.29, 1.82) is 0 Å². The van der Waals surface area contributed by atoms with E-state index >= 15 is 0 Å². The molecule has 1 rings (SSSR count). The van der Waals surface area contributed by atoms with Gasteiger partial charge in [0.25, 0.3) is 0 Å². The molecule has 0 radical (unpaired) electrons. The van der Waals surface area contributed by atoms with Crippen LogP contribution in [0.5, 0.6) is 0 Å². The molecule has 1 nitrogen and oxygen atoms in total. The number of aryl methyl sites for hydroxylation is 1. The van der Waals surface area contributed by atoms with E-state index in [1.54, 1.807) is 0 Å². The summed E-state index contributed by atoms with van der Waals surface area (Å²) in [6.07, 6.45) is 1.53. The van der Waals surface area contributed by atoms with Crippen molar-refractivity contribution in [3.63, 3.8) is 0 Å². The summed E-state index contributed by atoms with van der Waals surface area (Å²) < 4.78 is 0. The third-order valence-corrected chi connectivity index (χ3v) is 2.87. The zero-order chi connectivity index (χ0) is 11.4. The standard InChI is InChI=1S/C13H19ClO/c1-9-4-5-12(13(14)8-9)7-10(2)6-11(3)15/h4-5,8,10-11,15H,6-7H2,1-3H3. The zero-order valence-electron chi connectivity index (χ0n) is 9.63. The molecule has 2 unspecified atom stereocenters. The summed E-state index contributed by atoms with van der Waals surface area (Å²) in [5.74, 6) is 0.463. The lowest BCUT2D eigenvalue weighted by atomic mass is 9.95. The van der Waals surface area contributed by atoms with E-state index in [0.29, 0.717) is 5.92 Å². The molecular formula is C13H19ClO. The number of aliphatic hydroxyl groups excluding tert-OH is 1. The van der Waals surface area contributed by atoms with Gasteiger partial charge >= 0.3 is 0 Å². The number of hydrogen-bond acceptors (Lipinski definition) is 1. The zero-order valence-corrected chi connectivity index (χ0v) is 10.4.